The van der Waals surface area contributed by atoms with E-state index in [4.69, 9.17) is 0 Å². The molecule has 0 radical (unpaired) electrons. The molecule has 1 aliphatic heterocycles. The molecule has 1 fully saturated rings. The van der Waals surface area contributed by atoms with Gasteiger partial charge in [-0.15, -0.1) is 11.3 Å². The van der Waals surface area contributed by atoms with Crippen molar-refractivity contribution in [3.8, 4) is 0 Å². The van der Waals surface area contributed by atoms with Crippen molar-refractivity contribution < 1.29 is 13.2 Å². The Kier molecular flexibility index (Phi) is 3.98. The predicted octanol–water partition coefficient (Wildman–Crippen LogP) is 0.753. The number of sulfonamides is 1. The maximum Gasteiger partial charge on any atom is 0.229 e. The fourth-order valence-corrected chi connectivity index (χ4v) is 3.35. The van der Waals surface area contributed by atoms with Crippen molar-refractivity contribution in [1.29, 1.82) is 0 Å². The molecule has 0 saturated carbocycles. The van der Waals surface area contributed by atoms with Crippen LogP contribution in [0.1, 0.15) is 12.8 Å². The van der Waals surface area contributed by atoms with Crippen molar-refractivity contribution in [2.45, 2.75) is 12.8 Å². The molecule has 6 nitrogen and oxygen atoms in total. The molecular formula is C10H15N3O3S2. The van der Waals surface area contributed by atoms with E-state index >= 15 is 0 Å². The minimum atomic E-state index is -3.13. The number of nitrogens with zero attached hydrogens (tertiary/aromatic N) is 2. The van der Waals surface area contributed by atoms with E-state index in [0.717, 1.165) is 0 Å². The van der Waals surface area contributed by atoms with E-state index in [0.29, 0.717) is 31.1 Å². The number of carbonyl (C=O) groups excluding carboxylic acids is 1. The second-order valence-electron chi connectivity index (χ2n) is 4.26. The summed E-state index contributed by atoms with van der Waals surface area (Å²) < 4.78 is 24.1. The highest BCUT2D eigenvalue weighted by Crippen LogP contribution is 2.21. The summed E-state index contributed by atoms with van der Waals surface area (Å²) in [5.74, 6) is -0.204. The Balaban J connectivity index is 1.88. The van der Waals surface area contributed by atoms with Crippen LogP contribution in [-0.4, -0.2) is 43.0 Å². The van der Waals surface area contributed by atoms with Gasteiger partial charge in [-0.1, -0.05) is 0 Å². The number of carbonyl (C=O) groups is 1. The summed E-state index contributed by atoms with van der Waals surface area (Å²) in [4.78, 5) is 15.9. The second kappa shape index (κ2) is 5.33. The fourth-order valence-electron chi connectivity index (χ4n) is 1.94. The van der Waals surface area contributed by atoms with E-state index in [2.05, 4.69) is 10.3 Å². The molecule has 1 saturated heterocycles. The molecule has 0 aliphatic carbocycles. The van der Waals surface area contributed by atoms with Gasteiger partial charge in [0.1, 0.15) is 0 Å². The van der Waals surface area contributed by atoms with Crippen molar-refractivity contribution in [1.82, 2.24) is 9.29 Å². The molecule has 1 N–H and O–H groups in total. The van der Waals surface area contributed by atoms with Crippen molar-refractivity contribution in [3.05, 3.63) is 11.6 Å². The maximum atomic E-state index is 11.9. The van der Waals surface area contributed by atoms with Gasteiger partial charge in [0.05, 0.1) is 6.26 Å². The van der Waals surface area contributed by atoms with Gasteiger partial charge < -0.3 is 5.32 Å². The monoisotopic (exact) mass is 289 g/mol. The zero-order chi connectivity index (χ0) is 13.2. The van der Waals surface area contributed by atoms with Crippen LogP contribution in [0, 0.1) is 5.92 Å². The molecule has 2 rings (SSSR count). The minimum absolute atomic E-state index is 0.0712. The Labute approximate surface area is 110 Å². The molecule has 0 atom stereocenters. The zero-order valence-electron chi connectivity index (χ0n) is 10.00. The summed E-state index contributed by atoms with van der Waals surface area (Å²) in [5, 5.41) is 5.13. The Morgan fingerprint density at radius 2 is 2.17 bits per heavy atom. The average molecular weight is 289 g/mol. The SMILES string of the molecule is CS(=O)(=O)N1CCC(C(=O)Nc2nccs2)CC1. The smallest absolute Gasteiger partial charge is 0.229 e. The first-order chi connectivity index (χ1) is 8.47. The third-order valence-corrected chi connectivity index (χ3v) is 4.95. The van der Waals surface area contributed by atoms with Gasteiger partial charge in [-0.25, -0.2) is 17.7 Å². The van der Waals surface area contributed by atoms with Gasteiger partial charge in [0.15, 0.2) is 5.13 Å². The van der Waals surface area contributed by atoms with Crippen LogP contribution in [0.3, 0.4) is 0 Å². The first-order valence-electron chi connectivity index (χ1n) is 5.62. The van der Waals surface area contributed by atoms with Gasteiger partial charge in [-0.05, 0) is 12.8 Å². The molecule has 0 aromatic carbocycles. The molecule has 8 heteroatoms. The third-order valence-electron chi connectivity index (χ3n) is 2.96. The zero-order valence-corrected chi connectivity index (χ0v) is 11.6. The van der Waals surface area contributed by atoms with Crippen LogP contribution in [0.2, 0.25) is 0 Å². The number of aromatic nitrogens is 1. The van der Waals surface area contributed by atoms with Crippen LogP contribution in [0.4, 0.5) is 5.13 Å². The van der Waals surface area contributed by atoms with Crippen LogP contribution >= 0.6 is 11.3 Å². The van der Waals surface area contributed by atoms with Crippen molar-refractivity contribution >= 4 is 32.4 Å². The maximum absolute atomic E-state index is 11.9. The van der Waals surface area contributed by atoms with Crippen LogP contribution in [0.15, 0.2) is 11.6 Å². The molecule has 1 amide bonds. The lowest BCUT2D eigenvalue weighted by Crippen LogP contribution is -2.40. The van der Waals surface area contributed by atoms with Gasteiger partial charge >= 0.3 is 0 Å². The number of piperidine rings is 1. The number of rotatable bonds is 3. The number of thiazole rings is 1. The molecule has 1 aromatic heterocycles. The summed E-state index contributed by atoms with van der Waals surface area (Å²) in [7, 11) is -3.13. The highest BCUT2D eigenvalue weighted by atomic mass is 32.2. The van der Waals surface area contributed by atoms with Gasteiger partial charge in [-0.2, -0.15) is 0 Å². The second-order valence-corrected chi connectivity index (χ2v) is 7.14. The van der Waals surface area contributed by atoms with Gasteiger partial charge in [0.2, 0.25) is 15.9 Å². The first kappa shape index (κ1) is 13.4. The Morgan fingerprint density at radius 1 is 1.50 bits per heavy atom. The van der Waals surface area contributed by atoms with Crippen molar-refractivity contribution in [2.24, 2.45) is 5.92 Å². The molecule has 1 aromatic rings. The van der Waals surface area contributed by atoms with Gasteiger partial charge in [-0.3, -0.25) is 4.79 Å². The standard InChI is InChI=1S/C10H15N3O3S2/c1-18(15,16)13-5-2-8(3-6-13)9(14)12-10-11-4-7-17-10/h4,7-8H,2-3,5-6H2,1H3,(H,11,12,14). The van der Waals surface area contributed by atoms with E-state index in [1.807, 2.05) is 0 Å². The number of hydrogen-bond donors (Lipinski definition) is 1. The summed E-state index contributed by atoms with van der Waals surface area (Å²) in [5.41, 5.74) is 0. The van der Waals surface area contributed by atoms with Crippen LogP contribution < -0.4 is 5.32 Å². The highest BCUT2D eigenvalue weighted by Gasteiger charge is 2.29. The lowest BCUT2D eigenvalue weighted by molar-refractivity contribution is -0.120. The molecular weight excluding hydrogens is 274 g/mol. The van der Waals surface area contributed by atoms with Crippen LogP contribution in [0.5, 0.6) is 0 Å². The van der Waals surface area contributed by atoms with E-state index in [1.165, 1.54) is 21.9 Å². The predicted molar refractivity (Wildman–Crippen MR) is 69.9 cm³/mol. The minimum Gasteiger partial charge on any atom is -0.302 e. The largest absolute Gasteiger partial charge is 0.302 e. The lowest BCUT2D eigenvalue weighted by atomic mass is 9.97. The van der Waals surface area contributed by atoms with Crippen molar-refractivity contribution in [2.75, 3.05) is 24.7 Å². The topological polar surface area (TPSA) is 79.4 Å². The summed E-state index contributed by atoms with van der Waals surface area (Å²) in [6.45, 7) is 0.823. The normalized spacial score (nSPS) is 18.7. The van der Waals surface area contributed by atoms with E-state index in [-0.39, 0.29) is 11.8 Å². The number of hydrogen-bond acceptors (Lipinski definition) is 5. The van der Waals surface area contributed by atoms with E-state index in [1.54, 1.807) is 11.6 Å². The molecule has 0 unspecified atom stereocenters. The van der Waals surface area contributed by atoms with Crippen LogP contribution in [-0.2, 0) is 14.8 Å². The molecule has 0 spiro atoms. The summed E-state index contributed by atoms with van der Waals surface area (Å²) in [6, 6.07) is 0. The van der Waals surface area contributed by atoms with Gasteiger partial charge in [0.25, 0.3) is 0 Å². The molecule has 100 valence electrons. The molecule has 0 bridgehead atoms. The quantitative estimate of drug-likeness (QED) is 0.890. The number of anilines is 1. The number of nitrogens with one attached hydrogen (secondary N) is 1. The molecule has 18 heavy (non-hydrogen) atoms. The molecule has 1 aliphatic rings. The van der Waals surface area contributed by atoms with Crippen molar-refractivity contribution in [3.63, 3.8) is 0 Å². The van der Waals surface area contributed by atoms with E-state index < -0.39 is 10.0 Å². The lowest BCUT2D eigenvalue weighted by Gasteiger charge is -2.29. The number of amides is 1. The highest BCUT2D eigenvalue weighted by molar-refractivity contribution is 7.88. The molecule has 2 heterocycles. The summed E-state index contributed by atoms with van der Waals surface area (Å²) in [6.07, 6.45) is 3.95. The Bertz CT molecular complexity index is 504. The Morgan fingerprint density at radius 3 is 2.67 bits per heavy atom. The summed E-state index contributed by atoms with van der Waals surface area (Å²) >= 11 is 1.37. The van der Waals surface area contributed by atoms with Gasteiger partial charge in [0, 0.05) is 30.6 Å². The fraction of sp³-hybridized carbons (Fsp3) is 0.600. The third kappa shape index (κ3) is 3.27. The average Bonchev–Trinajstić information content (AvgIpc) is 2.81. The Hall–Kier alpha value is -0.990. The van der Waals surface area contributed by atoms with Crippen LogP contribution in [0.25, 0.3) is 0 Å². The first-order valence-corrected chi connectivity index (χ1v) is 8.35. The van der Waals surface area contributed by atoms with E-state index in [9.17, 15) is 13.2 Å².